The van der Waals surface area contributed by atoms with E-state index in [1.54, 1.807) is 28.4 Å². The van der Waals surface area contributed by atoms with Gasteiger partial charge in [0.25, 0.3) is 0 Å². The molecule has 0 spiro atoms. The molecule has 32 heavy (non-hydrogen) atoms. The Morgan fingerprint density at radius 3 is 2.00 bits per heavy atom. The van der Waals surface area contributed by atoms with Gasteiger partial charge in [-0.15, -0.1) is 0 Å². The molecular weight excluding hydrogens is 404 g/mol. The lowest BCUT2D eigenvalue weighted by atomic mass is 9.68. The van der Waals surface area contributed by atoms with Gasteiger partial charge in [-0.3, -0.25) is 0 Å². The molecule has 0 saturated carbocycles. The first kappa shape index (κ1) is 22.7. The fraction of sp³-hybridized carbons (Fsp3) is 0.538. The van der Waals surface area contributed by atoms with Crippen molar-refractivity contribution < 1.29 is 18.9 Å². The fourth-order valence-electron chi connectivity index (χ4n) is 5.58. The Bertz CT molecular complexity index is 975. The van der Waals surface area contributed by atoms with E-state index in [1.807, 2.05) is 0 Å². The van der Waals surface area contributed by atoms with Crippen LogP contribution in [0.25, 0.3) is 0 Å². The van der Waals surface area contributed by atoms with Crippen molar-refractivity contribution in [2.24, 2.45) is 5.92 Å². The molecule has 6 heteroatoms. The van der Waals surface area contributed by atoms with E-state index in [1.165, 1.54) is 22.3 Å². The van der Waals surface area contributed by atoms with Crippen molar-refractivity contribution >= 4 is 0 Å². The number of hydrogen-bond donors (Lipinski definition) is 2. The van der Waals surface area contributed by atoms with Gasteiger partial charge in [-0.05, 0) is 78.2 Å². The molecule has 6 nitrogen and oxygen atoms in total. The Balaban J connectivity index is 1.93. The molecule has 2 aromatic carbocycles. The topological polar surface area (TPSA) is 61.0 Å². The Kier molecular flexibility index (Phi) is 6.54. The maximum atomic E-state index is 5.71. The lowest BCUT2D eigenvalue weighted by Gasteiger charge is -2.49. The molecule has 174 valence electrons. The second-order valence-corrected chi connectivity index (χ2v) is 9.15. The summed E-state index contributed by atoms with van der Waals surface area (Å²) in [5.74, 6) is 3.60. The predicted octanol–water partition coefficient (Wildman–Crippen LogP) is 4.00. The monoisotopic (exact) mass is 440 g/mol. The van der Waals surface area contributed by atoms with Crippen molar-refractivity contribution in [1.82, 2.24) is 10.6 Å². The highest BCUT2D eigenvalue weighted by molar-refractivity contribution is 5.55. The van der Waals surface area contributed by atoms with Crippen LogP contribution in [0, 0.1) is 5.92 Å². The number of hydrogen-bond acceptors (Lipinski definition) is 6. The molecule has 2 heterocycles. The standard InChI is InChI=1S/C26H36N2O4/c1-16(2)15-26(20-14-24(32-6)22(30-4)12-18(20)8-10-28-26)25-19-13-23(31-5)21(29-3)11-17(19)7-9-27-25/h11-14,16,25,27-28H,7-10,15H2,1-6H3/t25-,26-/m0/s1. The Morgan fingerprint density at radius 1 is 0.812 bits per heavy atom. The van der Waals surface area contributed by atoms with E-state index in [2.05, 4.69) is 48.7 Å². The van der Waals surface area contributed by atoms with Crippen LogP contribution < -0.4 is 29.6 Å². The number of benzene rings is 2. The van der Waals surface area contributed by atoms with Gasteiger partial charge in [0.05, 0.1) is 40.0 Å². The molecule has 2 aliphatic heterocycles. The molecule has 0 unspecified atom stereocenters. The van der Waals surface area contributed by atoms with Crippen molar-refractivity contribution in [3.63, 3.8) is 0 Å². The molecule has 0 radical (unpaired) electrons. The molecule has 4 rings (SSSR count). The molecule has 0 aliphatic carbocycles. The third-order valence-corrected chi connectivity index (χ3v) is 6.85. The van der Waals surface area contributed by atoms with Crippen molar-refractivity contribution in [2.75, 3.05) is 41.5 Å². The molecule has 0 bridgehead atoms. The molecule has 0 amide bonds. The van der Waals surface area contributed by atoms with Gasteiger partial charge < -0.3 is 29.6 Å². The number of ether oxygens (including phenoxy) is 4. The van der Waals surface area contributed by atoms with Gasteiger partial charge in [-0.25, -0.2) is 0 Å². The molecule has 2 N–H and O–H groups in total. The van der Waals surface area contributed by atoms with Gasteiger partial charge in [0, 0.05) is 6.54 Å². The maximum Gasteiger partial charge on any atom is 0.161 e. The van der Waals surface area contributed by atoms with Gasteiger partial charge in [-0.1, -0.05) is 13.8 Å². The summed E-state index contributed by atoms with van der Waals surface area (Å²) in [5, 5.41) is 7.81. The smallest absolute Gasteiger partial charge is 0.161 e. The Hall–Kier alpha value is -2.44. The average molecular weight is 441 g/mol. The third-order valence-electron chi connectivity index (χ3n) is 6.85. The third kappa shape index (κ3) is 3.80. The Labute approximate surface area is 191 Å². The summed E-state index contributed by atoms with van der Waals surface area (Å²) < 4.78 is 22.6. The van der Waals surface area contributed by atoms with Gasteiger partial charge in [0.15, 0.2) is 23.0 Å². The van der Waals surface area contributed by atoms with Crippen molar-refractivity contribution in [3.8, 4) is 23.0 Å². The van der Waals surface area contributed by atoms with Crippen LogP contribution in [0.4, 0.5) is 0 Å². The highest BCUT2D eigenvalue weighted by Gasteiger charge is 2.46. The summed E-state index contributed by atoms with van der Waals surface area (Å²) in [6, 6.07) is 8.72. The highest BCUT2D eigenvalue weighted by atomic mass is 16.5. The Morgan fingerprint density at radius 2 is 1.38 bits per heavy atom. The van der Waals surface area contributed by atoms with E-state index >= 15 is 0 Å². The summed E-state index contributed by atoms with van der Waals surface area (Å²) in [7, 11) is 6.80. The first-order valence-corrected chi connectivity index (χ1v) is 11.5. The van der Waals surface area contributed by atoms with Crippen LogP contribution >= 0.6 is 0 Å². The normalized spacial score (nSPS) is 22.2. The lowest BCUT2D eigenvalue weighted by Crippen LogP contribution is -2.57. The number of methoxy groups -OCH3 is 4. The SMILES string of the molecule is COc1cc2c(cc1OC)[C@@H]([C@@]1(CC(C)C)NCCc3cc(OC)c(OC)cc31)NCC2. The first-order chi connectivity index (χ1) is 15.5. The zero-order valence-electron chi connectivity index (χ0n) is 20.1. The predicted molar refractivity (Wildman–Crippen MR) is 126 cm³/mol. The number of fused-ring (bicyclic) bond motifs is 2. The van der Waals surface area contributed by atoms with E-state index in [0.717, 1.165) is 55.4 Å². The minimum atomic E-state index is -0.282. The second-order valence-electron chi connectivity index (χ2n) is 9.15. The van der Waals surface area contributed by atoms with Crippen LogP contribution in [0.2, 0.25) is 0 Å². The second kappa shape index (κ2) is 9.20. The van der Waals surface area contributed by atoms with E-state index in [4.69, 9.17) is 18.9 Å². The molecule has 0 aromatic heterocycles. The molecule has 0 fully saturated rings. The zero-order chi connectivity index (χ0) is 22.9. The van der Waals surface area contributed by atoms with Crippen LogP contribution in [-0.2, 0) is 18.4 Å². The average Bonchev–Trinajstić information content (AvgIpc) is 2.81. The summed E-state index contributed by atoms with van der Waals surface area (Å²) in [5.41, 5.74) is 4.90. The van der Waals surface area contributed by atoms with E-state index < -0.39 is 0 Å². The number of rotatable bonds is 7. The summed E-state index contributed by atoms with van der Waals surface area (Å²) in [4.78, 5) is 0. The zero-order valence-corrected chi connectivity index (χ0v) is 20.1. The van der Waals surface area contributed by atoms with Crippen LogP contribution in [0.15, 0.2) is 24.3 Å². The van der Waals surface area contributed by atoms with Crippen LogP contribution in [-0.4, -0.2) is 41.5 Å². The molecule has 2 aliphatic rings. The van der Waals surface area contributed by atoms with Crippen molar-refractivity contribution in [3.05, 3.63) is 46.5 Å². The summed E-state index contributed by atoms with van der Waals surface area (Å²) in [6.07, 6.45) is 2.91. The largest absolute Gasteiger partial charge is 0.493 e. The first-order valence-electron chi connectivity index (χ1n) is 11.5. The highest BCUT2D eigenvalue weighted by Crippen LogP contribution is 2.49. The molecule has 0 saturated heterocycles. The maximum absolute atomic E-state index is 5.71. The van der Waals surface area contributed by atoms with E-state index in [0.29, 0.717) is 5.92 Å². The van der Waals surface area contributed by atoms with E-state index in [9.17, 15) is 0 Å². The van der Waals surface area contributed by atoms with Crippen LogP contribution in [0.1, 0.15) is 48.6 Å². The minimum absolute atomic E-state index is 0.0885. The summed E-state index contributed by atoms with van der Waals surface area (Å²) >= 11 is 0. The van der Waals surface area contributed by atoms with Crippen molar-refractivity contribution in [1.29, 1.82) is 0 Å². The van der Waals surface area contributed by atoms with Gasteiger partial charge >= 0.3 is 0 Å². The van der Waals surface area contributed by atoms with Gasteiger partial charge in [0.1, 0.15) is 0 Å². The van der Waals surface area contributed by atoms with Crippen molar-refractivity contribution in [2.45, 2.75) is 44.7 Å². The molecular formula is C26H36N2O4. The summed E-state index contributed by atoms with van der Waals surface area (Å²) in [6.45, 7) is 6.40. The van der Waals surface area contributed by atoms with E-state index in [-0.39, 0.29) is 11.6 Å². The van der Waals surface area contributed by atoms with Crippen LogP contribution in [0.5, 0.6) is 23.0 Å². The minimum Gasteiger partial charge on any atom is -0.493 e. The fourth-order valence-corrected chi connectivity index (χ4v) is 5.58. The molecule has 2 atom stereocenters. The van der Waals surface area contributed by atoms with Gasteiger partial charge in [-0.2, -0.15) is 0 Å². The number of nitrogens with one attached hydrogen (secondary N) is 2. The van der Waals surface area contributed by atoms with Gasteiger partial charge in [0.2, 0.25) is 0 Å². The molecule has 2 aromatic rings. The quantitative estimate of drug-likeness (QED) is 0.679. The van der Waals surface area contributed by atoms with Crippen LogP contribution in [0.3, 0.4) is 0 Å². The lowest BCUT2D eigenvalue weighted by molar-refractivity contribution is 0.177.